The SMILES string of the molecule is CNC(C)c1cc(F)ccc1OCCS(C)(=O)=O. The summed E-state index contributed by atoms with van der Waals surface area (Å²) in [5, 5.41) is 2.99. The first-order valence-corrected chi connectivity index (χ1v) is 7.67. The minimum absolute atomic E-state index is 0.0578. The Kier molecular flexibility index (Phi) is 5.10. The van der Waals surface area contributed by atoms with E-state index >= 15 is 0 Å². The molecule has 0 radical (unpaired) electrons. The number of sulfone groups is 1. The van der Waals surface area contributed by atoms with E-state index in [4.69, 9.17) is 4.74 Å². The van der Waals surface area contributed by atoms with E-state index in [1.807, 2.05) is 6.92 Å². The van der Waals surface area contributed by atoms with Gasteiger partial charge < -0.3 is 10.1 Å². The summed E-state index contributed by atoms with van der Waals surface area (Å²) in [5.74, 6) is 0.0991. The Hall–Kier alpha value is -1.14. The predicted molar refractivity (Wildman–Crippen MR) is 69.1 cm³/mol. The summed E-state index contributed by atoms with van der Waals surface area (Å²) in [5.41, 5.74) is 0.672. The average molecular weight is 275 g/mol. The molecule has 0 heterocycles. The molecule has 1 rings (SSSR count). The Morgan fingerprint density at radius 2 is 2.11 bits per heavy atom. The molecule has 1 atom stereocenters. The van der Waals surface area contributed by atoms with Crippen LogP contribution in [0.25, 0.3) is 0 Å². The largest absolute Gasteiger partial charge is 0.492 e. The molecule has 4 nitrogen and oxygen atoms in total. The summed E-state index contributed by atoms with van der Waals surface area (Å²) in [6.45, 7) is 1.94. The van der Waals surface area contributed by atoms with Crippen LogP contribution in [0.2, 0.25) is 0 Å². The molecule has 0 aromatic heterocycles. The van der Waals surface area contributed by atoms with Gasteiger partial charge in [0, 0.05) is 17.9 Å². The highest BCUT2D eigenvalue weighted by atomic mass is 32.2. The van der Waals surface area contributed by atoms with Gasteiger partial charge >= 0.3 is 0 Å². The van der Waals surface area contributed by atoms with Crippen molar-refractivity contribution in [1.82, 2.24) is 5.32 Å². The molecular formula is C12H18FNO3S. The van der Waals surface area contributed by atoms with Crippen molar-refractivity contribution in [2.24, 2.45) is 0 Å². The summed E-state index contributed by atoms with van der Waals surface area (Å²) >= 11 is 0. The molecule has 0 amide bonds. The summed E-state index contributed by atoms with van der Waals surface area (Å²) in [6.07, 6.45) is 1.15. The molecule has 0 saturated heterocycles. The van der Waals surface area contributed by atoms with Crippen molar-refractivity contribution in [2.45, 2.75) is 13.0 Å². The van der Waals surface area contributed by atoms with Crippen molar-refractivity contribution in [2.75, 3.05) is 25.7 Å². The topological polar surface area (TPSA) is 55.4 Å². The highest BCUT2D eigenvalue weighted by Crippen LogP contribution is 2.25. The number of ether oxygens (including phenoxy) is 1. The molecule has 1 N–H and O–H groups in total. The molecule has 0 aliphatic rings. The van der Waals surface area contributed by atoms with Crippen molar-refractivity contribution in [3.05, 3.63) is 29.6 Å². The van der Waals surface area contributed by atoms with Crippen LogP contribution in [0, 0.1) is 5.82 Å². The predicted octanol–water partition coefficient (Wildman–Crippen LogP) is 1.53. The Morgan fingerprint density at radius 3 is 2.67 bits per heavy atom. The second-order valence-corrected chi connectivity index (χ2v) is 6.43. The van der Waals surface area contributed by atoms with Crippen LogP contribution < -0.4 is 10.1 Å². The summed E-state index contributed by atoms with van der Waals surface area (Å²) in [6, 6.07) is 4.12. The zero-order valence-electron chi connectivity index (χ0n) is 10.7. The third kappa shape index (κ3) is 4.62. The quantitative estimate of drug-likeness (QED) is 0.855. The van der Waals surface area contributed by atoms with Crippen LogP contribution in [-0.2, 0) is 9.84 Å². The number of halogens is 1. The Labute approximate surface area is 107 Å². The van der Waals surface area contributed by atoms with Gasteiger partial charge in [-0.05, 0) is 32.2 Å². The average Bonchev–Trinajstić information content (AvgIpc) is 2.28. The molecular weight excluding hydrogens is 257 g/mol. The molecule has 0 bridgehead atoms. The van der Waals surface area contributed by atoms with Crippen molar-refractivity contribution in [1.29, 1.82) is 0 Å². The van der Waals surface area contributed by atoms with Gasteiger partial charge in [-0.1, -0.05) is 0 Å². The normalized spacial score (nSPS) is 13.3. The molecule has 18 heavy (non-hydrogen) atoms. The number of nitrogens with one attached hydrogen (secondary N) is 1. The molecule has 0 saturated carbocycles. The van der Waals surface area contributed by atoms with Gasteiger partial charge in [0.05, 0.1) is 5.75 Å². The Balaban J connectivity index is 2.81. The van der Waals surface area contributed by atoms with E-state index in [1.165, 1.54) is 18.2 Å². The lowest BCUT2D eigenvalue weighted by Gasteiger charge is -2.16. The molecule has 0 fully saturated rings. The van der Waals surface area contributed by atoms with Crippen molar-refractivity contribution >= 4 is 9.84 Å². The van der Waals surface area contributed by atoms with Gasteiger partial charge in [-0.2, -0.15) is 0 Å². The van der Waals surface area contributed by atoms with Crippen LogP contribution in [0.15, 0.2) is 18.2 Å². The maximum absolute atomic E-state index is 13.2. The van der Waals surface area contributed by atoms with Crippen molar-refractivity contribution < 1.29 is 17.5 Å². The van der Waals surface area contributed by atoms with Gasteiger partial charge in [0.2, 0.25) is 0 Å². The van der Waals surface area contributed by atoms with Gasteiger partial charge in [0.25, 0.3) is 0 Å². The summed E-state index contributed by atoms with van der Waals surface area (Å²) < 4.78 is 40.6. The van der Waals surface area contributed by atoms with Crippen LogP contribution in [0.4, 0.5) is 4.39 Å². The minimum Gasteiger partial charge on any atom is -0.492 e. The lowest BCUT2D eigenvalue weighted by atomic mass is 10.1. The first-order chi connectivity index (χ1) is 8.33. The number of hydrogen-bond acceptors (Lipinski definition) is 4. The molecule has 102 valence electrons. The van der Waals surface area contributed by atoms with Gasteiger partial charge in [-0.3, -0.25) is 0 Å². The third-order valence-corrected chi connectivity index (χ3v) is 3.49. The number of rotatable bonds is 6. The molecule has 1 aromatic rings. The van der Waals surface area contributed by atoms with Crippen LogP contribution in [0.5, 0.6) is 5.75 Å². The maximum Gasteiger partial charge on any atom is 0.150 e. The van der Waals surface area contributed by atoms with Gasteiger partial charge in [0.1, 0.15) is 18.2 Å². The molecule has 0 spiro atoms. The van der Waals surface area contributed by atoms with Gasteiger partial charge in [-0.25, -0.2) is 12.8 Å². The van der Waals surface area contributed by atoms with Crippen LogP contribution >= 0.6 is 0 Å². The lowest BCUT2D eigenvalue weighted by molar-refractivity contribution is 0.333. The maximum atomic E-state index is 13.2. The first-order valence-electron chi connectivity index (χ1n) is 5.60. The standard InChI is InChI=1S/C12H18FNO3S/c1-9(14-2)11-8-10(13)4-5-12(11)17-6-7-18(3,15)16/h4-5,8-9,14H,6-7H2,1-3H3. The fraction of sp³-hybridized carbons (Fsp3) is 0.500. The fourth-order valence-corrected chi connectivity index (χ4v) is 1.83. The van der Waals surface area contributed by atoms with E-state index in [-0.39, 0.29) is 24.2 Å². The number of hydrogen-bond donors (Lipinski definition) is 1. The highest BCUT2D eigenvalue weighted by Gasteiger charge is 2.12. The van der Waals surface area contributed by atoms with Crippen LogP contribution in [0.1, 0.15) is 18.5 Å². The van der Waals surface area contributed by atoms with E-state index in [0.29, 0.717) is 11.3 Å². The Morgan fingerprint density at radius 1 is 1.44 bits per heavy atom. The van der Waals surface area contributed by atoms with E-state index < -0.39 is 9.84 Å². The summed E-state index contributed by atoms with van der Waals surface area (Å²) in [7, 11) is -1.30. The Bertz CT molecular complexity index is 502. The first kappa shape index (κ1) is 14.9. The van der Waals surface area contributed by atoms with E-state index in [9.17, 15) is 12.8 Å². The summed E-state index contributed by atoms with van der Waals surface area (Å²) in [4.78, 5) is 0. The molecule has 6 heteroatoms. The van der Waals surface area contributed by atoms with Crippen molar-refractivity contribution in [3.63, 3.8) is 0 Å². The smallest absolute Gasteiger partial charge is 0.150 e. The van der Waals surface area contributed by atoms with E-state index in [1.54, 1.807) is 7.05 Å². The number of benzene rings is 1. The second-order valence-electron chi connectivity index (χ2n) is 4.17. The molecule has 1 unspecified atom stereocenters. The second kappa shape index (κ2) is 6.15. The molecule has 1 aromatic carbocycles. The highest BCUT2D eigenvalue weighted by molar-refractivity contribution is 7.90. The lowest BCUT2D eigenvalue weighted by Crippen LogP contribution is -2.16. The zero-order chi connectivity index (χ0) is 13.8. The van der Waals surface area contributed by atoms with Crippen LogP contribution in [0.3, 0.4) is 0 Å². The fourth-order valence-electron chi connectivity index (χ4n) is 1.45. The van der Waals surface area contributed by atoms with E-state index in [0.717, 1.165) is 6.26 Å². The van der Waals surface area contributed by atoms with Crippen molar-refractivity contribution in [3.8, 4) is 5.75 Å². The van der Waals surface area contributed by atoms with Crippen LogP contribution in [-0.4, -0.2) is 34.1 Å². The van der Waals surface area contributed by atoms with Gasteiger partial charge in [0.15, 0.2) is 9.84 Å². The zero-order valence-corrected chi connectivity index (χ0v) is 11.6. The third-order valence-electron chi connectivity index (χ3n) is 2.58. The molecule has 0 aliphatic carbocycles. The van der Waals surface area contributed by atoms with E-state index in [2.05, 4.69) is 5.32 Å². The monoisotopic (exact) mass is 275 g/mol. The molecule has 0 aliphatic heterocycles. The minimum atomic E-state index is -3.06. The van der Waals surface area contributed by atoms with Gasteiger partial charge in [-0.15, -0.1) is 0 Å².